The van der Waals surface area contributed by atoms with E-state index in [0.717, 1.165) is 17.7 Å². The lowest BCUT2D eigenvalue weighted by Gasteiger charge is -2.30. The average Bonchev–Trinajstić information content (AvgIpc) is 3.54. The molecule has 2 aliphatic rings. The molecule has 0 aromatic heterocycles. The van der Waals surface area contributed by atoms with Crippen LogP contribution in [-0.2, 0) is 12.0 Å². The Morgan fingerprint density at radius 2 is 1.30 bits per heavy atom. The largest absolute Gasteiger partial charge is 0.293 e. The molecule has 0 N–H and O–H groups in total. The van der Waals surface area contributed by atoms with Crippen LogP contribution in [0.4, 0.5) is 0 Å². The maximum absolute atomic E-state index is 5.08. The van der Waals surface area contributed by atoms with Crippen LogP contribution in [0.3, 0.4) is 0 Å². The molecule has 0 fully saturated rings. The van der Waals surface area contributed by atoms with E-state index < -0.39 is 5.41 Å². The van der Waals surface area contributed by atoms with Gasteiger partial charge < -0.3 is 0 Å². The zero-order valence-electron chi connectivity index (χ0n) is 24.5. The van der Waals surface area contributed by atoms with Crippen molar-refractivity contribution in [2.75, 3.05) is 6.54 Å². The minimum absolute atomic E-state index is 0.419. The van der Waals surface area contributed by atoms with Crippen LogP contribution < -0.4 is 0 Å². The maximum Gasteiger partial charge on any atom is 0.157 e. The summed E-state index contributed by atoms with van der Waals surface area (Å²) in [6.07, 6.45) is 2.03. The van der Waals surface area contributed by atoms with Crippen LogP contribution in [0, 0.1) is 0 Å². The standard InChI is InChI=1S/C39H32N4/c1-4-41-24-28-16-12-22-34-36(28)30-18-8-10-20-32(30)39(34)33-21-11-9-19-31(33)37-29(17-13-23-35(37)39)25-42-38(43-26(2)40-3)27-14-6-5-7-15-27/h5-24H,3-4,25H2,1-2H3/b41-24+,42-38-,43-26-. The van der Waals surface area contributed by atoms with Crippen molar-refractivity contribution in [3.8, 4) is 22.3 Å². The summed E-state index contributed by atoms with van der Waals surface area (Å²) in [6.45, 7) is 8.82. The summed E-state index contributed by atoms with van der Waals surface area (Å²) in [6, 6.07) is 41.2. The second-order valence-electron chi connectivity index (χ2n) is 10.9. The SMILES string of the molecule is C=N/C(C)=N\C(=N/Cc1cccc2c1-c1ccccc1C21c2ccccc2-c2c(/C=N/CC)cccc21)c1ccccc1. The van der Waals surface area contributed by atoms with E-state index in [4.69, 9.17) is 9.98 Å². The van der Waals surface area contributed by atoms with Gasteiger partial charge in [0.25, 0.3) is 0 Å². The number of hydrogen-bond donors (Lipinski definition) is 0. The van der Waals surface area contributed by atoms with Gasteiger partial charge in [-0.15, -0.1) is 0 Å². The summed E-state index contributed by atoms with van der Waals surface area (Å²) in [7, 11) is 0. The van der Waals surface area contributed by atoms with E-state index in [-0.39, 0.29) is 0 Å². The van der Waals surface area contributed by atoms with E-state index in [2.05, 4.69) is 109 Å². The van der Waals surface area contributed by atoms with Crippen molar-refractivity contribution in [1.29, 1.82) is 0 Å². The fraction of sp³-hybridized carbons (Fsp3) is 0.128. The summed E-state index contributed by atoms with van der Waals surface area (Å²) < 4.78 is 0. The first-order chi connectivity index (χ1) is 21.2. The van der Waals surface area contributed by atoms with Crippen molar-refractivity contribution in [1.82, 2.24) is 0 Å². The van der Waals surface area contributed by atoms with Crippen molar-refractivity contribution in [2.45, 2.75) is 25.8 Å². The predicted molar refractivity (Wildman–Crippen MR) is 180 cm³/mol. The monoisotopic (exact) mass is 556 g/mol. The van der Waals surface area contributed by atoms with Crippen molar-refractivity contribution in [3.63, 3.8) is 0 Å². The molecule has 1 spiro atoms. The summed E-state index contributed by atoms with van der Waals surface area (Å²) in [4.78, 5) is 18.5. The highest BCUT2D eigenvalue weighted by atomic mass is 15.0. The van der Waals surface area contributed by atoms with Gasteiger partial charge in [-0.1, -0.05) is 115 Å². The quantitative estimate of drug-likeness (QED) is 0.151. The first-order valence-electron chi connectivity index (χ1n) is 14.8. The van der Waals surface area contributed by atoms with Gasteiger partial charge in [-0.3, -0.25) is 9.98 Å². The first-order valence-corrected chi connectivity index (χ1v) is 14.8. The minimum Gasteiger partial charge on any atom is -0.293 e. The summed E-state index contributed by atoms with van der Waals surface area (Å²) >= 11 is 0. The van der Waals surface area contributed by atoms with Crippen LogP contribution in [-0.4, -0.2) is 31.1 Å². The van der Waals surface area contributed by atoms with Gasteiger partial charge in [-0.05, 0) is 70.6 Å². The topological polar surface area (TPSA) is 49.4 Å². The summed E-state index contributed by atoms with van der Waals surface area (Å²) in [5, 5.41) is 0. The molecule has 43 heavy (non-hydrogen) atoms. The van der Waals surface area contributed by atoms with Gasteiger partial charge in [0.05, 0.1) is 12.0 Å². The highest BCUT2D eigenvalue weighted by Crippen LogP contribution is 2.63. The highest BCUT2D eigenvalue weighted by molar-refractivity contribution is 6.07. The van der Waals surface area contributed by atoms with Gasteiger partial charge in [0.2, 0.25) is 0 Å². The Balaban J connectivity index is 1.48. The molecule has 1 unspecified atom stereocenters. The van der Waals surface area contributed by atoms with Crippen LogP contribution >= 0.6 is 0 Å². The zero-order chi connectivity index (χ0) is 29.4. The van der Waals surface area contributed by atoms with Crippen molar-refractivity contribution < 1.29 is 0 Å². The molecule has 1 atom stereocenters. The number of fused-ring (bicyclic) bond motifs is 10. The number of hydrogen-bond acceptors (Lipinski definition) is 2. The number of rotatable bonds is 5. The van der Waals surface area contributed by atoms with E-state index in [0.29, 0.717) is 18.2 Å². The molecule has 0 bridgehead atoms. The van der Waals surface area contributed by atoms with Gasteiger partial charge in [0.1, 0.15) is 5.84 Å². The van der Waals surface area contributed by atoms with Crippen LogP contribution in [0.15, 0.2) is 135 Å². The van der Waals surface area contributed by atoms with E-state index in [1.807, 2.05) is 43.5 Å². The van der Waals surface area contributed by atoms with Crippen molar-refractivity contribution >= 4 is 24.6 Å². The van der Waals surface area contributed by atoms with Gasteiger partial charge in [0, 0.05) is 23.9 Å². The van der Waals surface area contributed by atoms with Gasteiger partial charge in [-0.25, -0.2) is 9.98 Å². The first kappa shape index (κ1) is 26.7. The second kappa shape index (κ2) is 10.9. The molecule has 2 aliphatic carbocycles. The number of benzene rings is 5. The van der Waals surface area contributed by atoms with Gasteiger partial charge in [0.15, 0.2) is 5.84 Å². The third-order valence-corrected chi connectivity index (χ3v) is 8.60. The lowest BCUT2D eigenvalue weighted by atomic mass is 9.70. The van der Waals surface area contributed by atoms with E-state index in [9.17, 15) is 0 Å². The average molecular weight is 557 g/mol. The maximum atomic E-state index is 5.08. The molecule has 0 amide bonds. The molecule has 0 saturated heterocycles. The fourth-order valence-corrected chi connectivity index (χ4v) is 6.90. The third kappa shape index (κ3) is 4.13. The lowest BCUT2D eigenvalue weighted by Crippen LogP contribution is -2.26. The molecule has 0 heterocycles. The molecule has 0 saturated carbocycles. The molecule has 0 aliphatic heterocycles. The Morgan fingerprint density at radius 1 is 0.698 bits per heavy atom. The van der Waals surface area contributed by atoms with E-state index in [1.54, 1.807) is 0 Å². The lowest BCUT2D eigenvalue weighted by molar-refractivity contribution is 0.792. The molecule has 5 aromatic rings. The van der Waals surface area contributed by atoms with Crippen LogP contribution in [0.1, 0.15) is 52.8 Å². The molecule has 4 heteroatoms. The molecular weight excluding hydrogens is 524 g/mol. The Labute approximate surface area is 253 Å². The van der Waals surface area contributed by atoms with Gasteiger partial charge >= 0.3 is 0 Å². The number of aliphatic imine (C=N–C) groups is 4. The van der Waals surface area contributed by atoms with Crippen LogP contribution in [0.25, 0.3) is 22.3 Å². The normalized spacial score (nSPS) is 16.7. The fourth-order valence-electron chi connectivity index (χ4n) is 6.90. The van der Waals surface area contributed by atoms with Crippen molar-refractivity contribution in [3.05, 3.63) is 154 Å². The Morgan fingerprint density at radius 3 is 2.00 bits per heavy atom. The van der Waals surface area contributed by atoms with Crippen LogP contribution in [0.2, 0.25) is 0 Å². The number of amidine groups is 2. The van der Waals surface area contributed by atoms with Gasteiger partial charge in [-0.2, -0.15) is 0 Å². The summed E-state index contributed by atoms with van der Waals surface area (Å²) in [5.74, 6) is 1.24. The third-order valence-electron chi connectivity index (χ3n) is 8.60. The molecule has 0 radical (unpaired) electrons. The predicted octanol–water partition coefficient (Wildman–Crippen LogP) is 8.53. The zero-order valence-corrected chi connectivity index (χ0v) is 24.5. The Hall–Kier alpha value is -5.22. The Bertz CT molecular complexity index is 1970. The Kier molecular flexibility index (Phi) is 6.75. The minimum atomic E-state index is -0.419. The molecule has 7 rings (SSSR count). The van der Waals surface area contributed by atoms with Crippen LogP contribution in [0.5, 0.6) is 0 Å². The molecule has 5 aromatic carbocycles. The second-order valence-corrected chi connectivity index (χ2v) is 10.9. The molecule has 4 nitrogen and oxygen atoms in total. The molecular formula is C39H32N4. The summed E-state index contributed by atoms with van der Waals surface area (Å²) in [5.41, 5.74) is 13.2. The molecule has 208 valence electrons. The van der Waals surface area contributed by atoms with E-state index in [1.165, 1.54) is 50.1 Å². The highest BCUT2D eigenvalue weighted by Gasteiger charge is 2.52. The van der Waals surface area contributed by atoms with E-state index >= 15 is 0 Å². The number of nitrogens with zero attached hydrogens (tertiary/aromatic N) is 4. The van der Waals surface area contributed by atoms with Crippen molar-refractivity contribution in [2.24, 2.45) is 20.0 Å². The smallest absolute Gasteiger partial charge is 0.157 e.